The summed E-state index contributed by atoms with van der Waals surface area (Å²) in [6, 6.07) is 11.4. The Kier molecular flexibility index (Phi) is 6.81. The van der Waals surface area contributed by atoms with Gasteiger partial charge in [0.05, 0.1) is 11.9 Å². The molecule has 31 heavy (non-hydrogen) atoms. The van der Waals surface area contributed by atoms with Gasteiger partial charge in [-0.3, -0.25) is 4.79 Å². The van der Waals surface area contributed by atoms with Crippen LogP contribution >= 0.6 is 12.4 Å². The summed E-state index contributed by atoms with van der Waals surface area (Å²) in [7, 11) is 0. The second-order valence-electron chi connectivity index (χ2n) is 6.66. The first-order valence-corrected chi connectivity index (χ1v) is 9.28. The smallest absolute Gasteiger partial charge is 0.430 e. The summed E-state index contributed by atoms with van der Waals surface area (Å²) in [6.45, 7) is 3.28. The van der Waals surface area contributed by atoms with Crippen LogP contribution < -0.4 is 15.5 Å². The predicted octanol–water partition coefficient (Wildman–Crippen LogP) is 3.84. The van der Waals surface area contributed by atoms with Gasteiger partial charge in [0.15, 0.2) is 5.69 Å². The monoisotopic (exact) mass is 453 g/mol. The number of benzene rings is 1. The normalized spacial score (nSPS) is 14.1. The van der Waals surface area contributed by atoms with Crippen molar-refractivity contribution in [2.24, 2.45) is 0 Å². The Bertz CT molecular complexity index is 1020. The topological polar surface area (TPSA) is 83.3 Å². The second kappa shape index (κ2) is 9.36. The van der Waals surface area contributed by atoms with Crippen molar-refractivity contribution < 1.29 is 22.4 Å². The highest BCUT2D eigenvalue weighted by Gasteiger charge is 2.41. The zero-order valence-electron chi connectivity index (χ0n) is 16.1. The minimum Gasteiger partial charge on any atom is -0.430 e. The second-order valence-corrected chi connectivity index (χ2v) is 6.66. The van der Waals surface area contributed by atoms with E-state index in [9.17, 15) is 18.0 Å². The third-order valence-electron chi connectivity index (χ3n) is 4.57. The molecule has 11 heteroatoms. The summed E-state index contributed by atoms with van der Waals surface area (Å²) in [5.74, 6) is -1.49. The van der Waals surface area contributed by atoms with Gasteiger partial charge in [-0.15, -0.1) is 12.4 Å². The Hall–Kier alpha value is -3.11. The van der Waals surface area contributed by atoms with Crippen LogP contribution in [0.4, 0.5) is 24.7 Å². The molecule has 0 bridgehead atoms. The van der Waals surface area contributed by atoms with Crippen LogP contribution in [0.5, 0.6) is 0 Å². The molecule has 1 amide bonds. The number of alkyl halides is 3. The molecule has 0 unspecified atom stereocenters. The lowest BCUT2D eigenvalue weighted by molar-refractivity contribution is -0.141. The number of aromatic nitrogens is 2. The molecule has 0 aliphatic carbocycles. The van der Waals surface area contributed by atoms with Crippen molar-refractivity contribution in [3.05, 3.63) is 60.1 Å². The number of hydrogen-bond donors (Lipinski definition) is 2. The van der Waals surface area contributed by atoms with Crippen molar-refractivity contribution in [2.45, 2.75) is 6.18 Å². The first kappa shape index (κ1) is 22.6. The molecule has 1 aliphatic heterocycles. The van der Waals surface area contributed by atoms with Crippen molar-refractivity contribution in [3.63, 3.8) is 0 Å². The van der Waals surface area contributed by atoms with Crippen molar-refractivity contribution in [3.8, 4) is 11.5 Å². The van der Waals surface area contributed by atoms with Gasteiger partial charge >= 0.3 is 6.18 Å². The molecule has 0 atom stereocenters. The van der Waals surface area contributed by atoms with Crippen molar-refractivity contribution >= 4 is 29.8 Å². The lowest BCUT2D eigenvalue weighted by Gasteiger charge is -2.28. The van der Waals surface area contributed by atoms with Crippen LogP contribution in [0.2, 0.25) is 0 Å². The highest BCUT2D eigenvalue weighted by atomic mass is 35.5. The van der Waals surface area contributed by atoms with Crippen LogP contribution in [0.1, 0.15) is 16.2 Å². The fraction of sp³-hybridized carbons (Fsp3) is 0.250. The van der Waals surface area contributed by atoms with E-state index in [1.807, 2.05) is 0 Å². The number of carbonyl (C=O) groups excluding carboxylic acids is 1. The summed E-state index contributed by atoms with van der Waals surface area (Å²) >= 11 is 0. The molecular formula is C20H19ClF3N5O2. The van der Waals surface area contributed by atoms with Gasteiger partial charge < -0.3 is 20.0 Å². The van der Waals surface area contributed by atoms with Crippen molar-refractivity contribution in [1.82, 2.24) is 15.3 Å². The van der Waals surface area contributed by atoms with Gasteiger partial charge in [-0.1, -0.05) is 18.2 Å². The number of carbonyl (C=O) groups is 1. The fourth-order valence-electron chi connectivity index (χ4n) is 3.10. The van der Waals surface area contributed by atoms with Gasteiger partial charge in [0, 0.05) is 31.7 Å². The molecular weight excluding hydrogens is 435 g/mol. The molecule has 0 saturated carbocycles. The summed E-state index contributed by atoms with van der Waals surface area (Å²) < 4.78 is 45.4. The number of halogens is 4. The van der Waals surface area contributed by atoms with E-state index in [1.54, 1.807) is 42.5 Å². The maximum atomic E-state index is 13.4. The van der Waals surface area contributed by atoms with Crippen LogP contribution in [0.15, 0.2) is 53.1 Å². The van der Waals surface area contributed by atoms with Crippen LogP contribution in [0, 0.1) is 0 Å². The summed E-state index contributed by atoms with van der Waals surface area (Å²) in [5, 5.41) is 5.64. The van der Waals surface area contributed by atoms with Gasteiger partial charge in [0.1, 0.15) is 5.82 Å². The van der Waals surface area contributed by atoms with E-state index >= 15 is 0 Å². The first-order valence-electron chi connectivity index (χ1n) is 9.28. The molecule has 3 aromatic rings. The van der Waals surface area contributed by atoms with E-state index in [4.69, 9.17) is 4.42 Å². The maximum Gasteiger partial charge on any atom is 0.437 e. The Balaban J connectivity index is 0.00000272. The van der Waals surface area contributed by atoms with E-state index in [1.165, 1.54) is 6.20 Å². The SMILES string of the molecule is Cl.O=C(Nc1ccc(N2CCNCC2)nc1)c1oc(-c2ccccc2)nc1C(F)(F)F. The van der Waals surface area contributed by atoms with Crippen LogP contribution in [-0.4, -0.2) is 42.1 Å². The molecule has 4 rings (SSSR count). The summed E-state index contributed by atoms with van der Waals surface area (Å²) in [6.07, 6.45) is -3.44. The largest absolute Gasteiger partial charge is 0.437 e. The minimum atomic E-state index is -4.84. The lowest BCUT2D eigenvalue weighted by Crippen LogP contribution is -2.43. The highest BCUT2D eigenvalue weighted by molar-refractivity contribution is 6.03. The molecule has 164 valence electrons. The molecule has 1 aromatic carbocycles. The zero-order chi connectivity index (χ0) is 21.1. The zero-order valence-corrected chi connectivity index (χ0v) is 17.0. The van der Waals surface area contributed by atoms with Gasteiger partial charge in [0.2, 0.25) is 11.7 Å². The number of hydrogen-bond acceptors (Lipinski definition) is 6. The molecule has 7 nitrogen and oxygen atoms in total. The molecule has 1 saturated heterocycles. The van der Waals surface area contributed by atoms with Crippen molar-refractivity contribution in [1.29, 1.82) is 0 Å². The number of rotatable bonds is 4. The lowest BCUT2D eigenvalue weighted by atomic mass is 10.2. The molecule has 2 N–H and O–H groups in total. The summed E-state index contributed by atoms with van der Waals surface area (Å²) in [4.78, 5) is 22.4. The third kappa shape index (κ3) is 5.15. The number of amides is 1. The Morgan fingerprint density at radius 3 is 2.42 bits per heavy atom. The Labute approximate surface area is 182 Å². The maximum absolute atomic E-state index is 13.4. The van der Waals surface area contributed by atoms with Crippen LogP contribution in [-0.2, 0) is 6.18 Å². The van der Waals surface area contributed by atoms with Gasteiger partial charge in [-0.2, -0.15) is 13.2 Å². The van der Waals surface area contributed by atoms with Gasteiger partial charge in [-0.05, 0) is 24.3 Å². The molecule has 0 spiro atoms. The van der Waals surface area contributed by atoms with Crippen molar-refractivity contribution in [2.75, 3.05) is 36.4 Å². The fourth-order valence-corrected chi connectivity index (χ4v) is 3.10. The average Bonchev–Trinajstić information content (AvgIpc) is 3.22. The number of piperazine rings is 1. The highest BCUT2D eigenvalue weighted by Crippen LogP contribution is 2.34. The average molecular weight is 454 g/mol. The van der Waals surface area contributed by atoms with Gasteiger partial charge in [0.25, 0.3) is 5.91 Å². The standard InChI is InChI=1S/C20H18F3N5O2.ClH/c21-20(22,23)17-16(30-19(27-17)13-4-2-1-3-5-13)18(29)26-14-6-7-15(25-12-14)28-10-8-24-9-11-28;/h1-7,12,24H,8-11H2,(H,26,29);1H. The number of nitrogens with zero attached hydrogens (tertiary/aromatic N) is 3. The first-order chi connectivity index (χ1) is 14.4. The molecule has 2 aromatic heterocycles. The number of nitrogens with one attached hydrogen (secondary N) is 2. The van der Waals surface area contributed by atoms with Crippen LogP contribution in [0.25, 0.3) is 11.5 Å². The Morgan fingerprint density at radius 2 is 1.81 bits per heavy atom. The molecule has 3 heterocycles. The van der Waals surface area contributed by atoms with E-state index in [-0.39, 0.29) is 24.0 Å². The molecule has 1 aliphatic rings. The van der Waals surface area contributed by atoms with E-state index in [0.717, 1.165) is 32.0 Å². The molecule has 0 radical (unpaired) electrons. The van der Waals surface area contributed by atoms with Crippen LogP contribution in [0.3, 0.4) is 0 Å². The van der Waals surface area contributed by atoms with E-state index < -0.39 is 23.5 Å². The number of pyridine rings is 1. The Morgan fingerprint density at radius 1 is 1.10 bits per heavy atom. The minimum absolute atomic E-state index is 0. The predicted molar refractivity (Wildman–Crippen MR) is 111 cm³/mol. The number of anilines is 2. The summed E-state index contributed by atoms with van der Waals surface area (Å²) in [5.41, 5.74) is -0.780. The number of oxazole rings is 1. The quantitative estimate of drug-likeness (QED) is 0.624. The molecule has 1 fully saturated rings. The van der Waals surface area contributed by atoms with E-state index in [0.29, 0.717) is 5.56 Å². The van der Waals surface area contributed by atoms with E-state index in [2.05, 4.69) is 25.5 Å². The van der Waals surface area contributed by atoms with Gasteiger partial charge in [-0.25, -0.2) is 9.97 Å². The third-order valence-corrected chi connectivity index (χ3v) is 4.57.